The molecule has 0 saturated heterocycles. The minimum absolute atomic E-state index is 0.574. The molecule has 2 rings (SSSR count). The summed E-state index contributed by atoms with van der Waals surface area (Å²) >= 11 is 0. The van der Waals surface area contributed by atoms with Crippen molar-refractivity contribution in [3.63, 3.8) is 0 Å². The van der Waals surface area contributed by atoms with Crippen LogP contribution in [0, 0.1) is 6.92 Å². The average molecular weight is 248 g/mol. The van der Waals surface area contributed by atoms with Crippen molar-refractivity contribution in [3.05, 3.63) is 23.8 Å². The van der Waals surface area contributed by atoms with Crippen LogP contribution in [0.25, 0.3) is 0 Å². The first-order valence-corrected chi connectivity index (χ1v) is 6.81. The van der Waals surface area contributed by atoms with Crippen LogP contribution in [0.4, 0.5) is 5.69 Å². The van der Waals surface area contributed by atoms with Gasteiger partial charge in [0.2, 0.25) is 0 Å². The summed E-state index contributed by atoms with van der Waals surface area (Å²) in [6.07, 6.45) is 4.95. The molecular weight excluding hydrogens is 224 g/mol. The maximum Gasteiger partial charge on any atom is 0.141 e. The summed E-state index contributed by atoms with van der Waals surface area (Å²) < 4.78 is 5.41. The van der Waals surface area contributed by atoms with Gasteiger partial charge in [0.25, 0.3) is 0 Å². The molecule has 0 spiro atoms. The van der Waals surface area contributed by atoms with Gasteiger partial charge >= 0.3 is 0 Å². The number of methoxy groups -OCH3 is 1. The van der Waals surface area contributed by atoms with Crippen LogP contribution in [0.15, 0.2) is 18.2 Å². The summed E-state index contributed by atoms with van der Waals surface area (Å²) in [5.41, 5.74) is 2.40. The number of nitrogens with one attached hydrogen (secondary N) is 2. The van der Waals surface area contributed by atoms with Crippen LogP contribution in [0.3, 0.4) is 0 Å². The van der Waals surface area contributed by atoms with Crippen molar-refractivity contribution in [2.45, 2.75) is 44.7 Å². The Kier molecular flexibility index (Phi) is 4.48. The van der Waals surface area contributed by atoms with Crippen LogP contribution in [-0.2, 0) is 0 Å². The number of hydrogen-bond acceptors (Lipinski definition) is 3. The first-order valence-electron chi connectivity index (χ1n) is 6.81. The van der Waals surface area contributed by atoms with Crippen LogP contribution < -0.4 is 15.4 Å². The molecule has 18 heavy (non-hydrogen) atoms. The Morgan fingerprint density at radius 3 is 2.39 bits per heavy atom. The molecule has 0 radical (unpaired) electrons. The molecule has 1 aliphatic carbocycles. The molecule has 1 aromatic carbocycles. The third-order valence-corrected chi connectivity index (χ3v) is 3.85. The van der Waals surface area contributed by atoms with Gasteiger partial charge in [-0.2, -0.15) is 0 Å². The molecule has 1 fully saturated rings. The van der Waals surface area contributed by atoms with Crippen LogP contribution in [0.5, 0.6) is 5.75 Å². The molecule has 1 aliphatic rings. The minimum atomic E-state index is 0.574. The molecule has 3 heteroatoms. The van der Waals surface area contributed by atoms with Gasteiger partial charge in [0.1, 0.15) is 5.75 Å². The topological polar surface area (TPSA) is 33.3 Å². The SMILES string of the molecule is CNC1CCC(Nc2cc(C)ccc2OC)CC1. The van der Waals surface area contributed by atoms with Crippen molar-refractivity contribution in [2.75, 3.05) is 19.5 Å². The molecule has 0 aromatic heterocycles. The molecule has 0 heterocycles. The fourth-order valence-corrected chi connectivity index (χ4v) is 2.68. The van der Waals surface area contributed by atoms with Crippen molar-refractivity contribution in [2.24, 2.45) is 0 Å². The molecular formula is C15H24N2O. The van der Waals surface area contributed by atoms with Crippen LogP contribution >= 0.6 is 0 Å². The Morgan fingerprint density at radius 1 is 1.11 bits per heavy atom. The first kappa shape index (κ1) is 13.2. The molecule has 3 nitrogen and oxygen atoms in total. The Balaban J connectivity index is 1.99. The molecule has 1 aromatic rings. The summed E-state index contributed by atoms with van der Waals surface area (Å²) in [5, 5.41) is 7.00. The van der Waals surface area contributed by atoms with E-state index in [1.54, 1.807) is 7.11 Å². The molecule has 2 N–H and O–H groups in total. The zero-order chi connectivity index (χ0) is 13.0. The van der Waals surface area contributed by atoms with Gasteiger partial charge in [-0.25, -0.2) is 0 Å². The molecule has 100 valence electrons. The highest BCUT2D eigenvalue weighted by Crippen LogP contribution is 2.29. The molecule has 1 saturated carbocycles. The van der Waals surface area contributed by atoms with Gasteiger partial charge in [-0.05, 0) is 57.4 Å². The maximum atomic E-state index is 5.41. The maximum absolute atomic E-state index is 5.41. The number of rotatable bonds is 4. The fraction of sp³-hybridized carbons (Fsp3) is 0.600. The monoisotopic (exact) mass is 248 g/mol. The lowest BCUT2D eigenvalue weighted by molar-refractivity contribution is 0.369. The summed E-state index contributed by atoms with van der Waals surface area (Å²) in [7, 11) is 3.79. The van der Waals surface area contributed by atoms with Crippen LogP contribution in [0.1, 0.15) is 31.2 Å². The zero-order valence-corrected chi connectivity index (χ0v) is 11.6. The van der Waals surface area contributed by atoms with Gasteiger partial charge in [-0.1, -0.05) is 6.07 Å². The van der Waals surface area contributed by atoms with Crippen molar-refractivity contribution in [3.8, 4) is 5.75 Å². The van der Waals surface area contributed by atoms with Gasteiger partial charge in [-0.3, -0.25) is 0 Å². The largest absolute Gasteiger partial charge is 0.495 e. The molecule has 0 unspecified atom stereocenters. The van der Waals surface area contributed by atoms with Crippen molar-refractivity contribution < 1.29 is 4.74 Å². The van der Waals surface area contributed by atoms with E-state index in [4.69, 9.17) is 4.74 Å². The molecule has 0 atom stereocenters. The van der Waals surface area contributed by atoms with Crippen LogP contribution in [-0.4, -0.2) is 26.2 Å². The molecule has 0 bridgehead atoms. The van der Waals surface area contributed by atoms with E-state index in [0.717, 1.165) is 11.4 Å². The second-order valence-electron chi connectivity index (χ2n) is 5.19. The lowest BCUT2D eigenvalue weighted by Crippen LogP contribution is -2.35. The lowest BCUT2D eigenvalue weighted by Gasteiger charge is -2.30. The summed E-state index contributed by atoms with van der Waals surface area (Å²) in [6, 6.07) is 7.56. The van der Waals surface area contributed by atoms with Crippen LogP contribution in [0.2, 0.25) is 0 Å². The zero-order valence-electron chi connectivity index (χ0n) is 11.6. The Hall–Kier alpha value is -1.22. The minimum Gasteiger partial charge on any atom is -0.495 e. The van der Waals surface area contributed by atoms with Crippen molar-refractivity contribution in [1.29, 1.82) is 0 Å². The predicted octanol–water partition coefficient (Wildman–Crippen LogP) is 2.95. The quantitative estimate of drug-likeness (QED) is 0.859. The summed E-state index contributed by atoms with van der Waals surface area (Å²) in [4.78, 5) is 0. The Morgan fingerprint density at radius 2 is 1.78 bits per heavy atom. The average Bonchev–Trinajstić information content (AvgIpc) is 2.40. The van der Waals surface area contributed by atoms with Gasteiger partial charge in [0, 0.05) is 12.1 Å². The Labute approximate surface area is 110 Å². The van der Waals surface area contributed by atoms with Gasteiger partial charge < -0.3 is 15.4 Å². The lowest BCUT2D eigenvalue weighted by atomic mass is 9.91. The third-order valence-electron chi connectivity index (χ3n) is 3.85. The van der Waals surface area contributed by atoms with E-state index in [9.17, 15) is 0 Å². The van der Waals surface area contributed by atoms with E-state index in [0.29, 0.717) is 12.1 Å². The van der Waals surface area contributed by atoms with E-state index in [2.05, 4.69) is 36.7 Å². The number of benzene rings is 1. The fourth-order valence-electron chi connectivity index (χ4n) is 2.68. The second-order valence-corrected chi connectivity index (χ2v) is 5.19. The number of ether oxygens (including phenoxy) is 1. The van der Waals surface area contributed by atoms with Gasteiger partial charge in [-0.15, -0.1) is 0 Å². The van der Waals surface area contributed by atoms with Crippen molar-refractivity contribution in [1.82, 2.24) is 5.32 Å². The highest BCUT2D eigenvalue weighted by molar-refractivity contribution is 5.58. The highest BCUT2D eigenvalue weighted by Gasteiger charge is 2.20. The summed E-state index contributed by atoms with van der Waals surface area (Å²) in [5.74, 6) is 0.941. The normalized spacial score (nSPS) is 23.7. The molecule has 0 aliphatic heterocycles. The van der Waals surface area contributed by atoms with E-state index in [-0.39, 0.29) is 0 Å². The number of aryl methyl sites for hydroxylation is 1. The van der Waals surface area contributed by atoms with E-state index >= 15 is 0 Å². The number of hydrogen-bond donors (Lipinski definition) is 2. The Bertz CT molecular complexity index is 384. The number of anilines is 1. The second kappa shape index (κ2) is 6.10. The third kappa shape index (κ3) is 3.16. The first-order chi connectivity index (χ1) is 8.72. The van der Waals surface area contributed by atoms with Gasteiger partial charge in [0.15, 0.2) is 0 Å². The van der Waals surface area contributed by atoms with E-state index in [1.165, 1.54) is 31.2 Å². The highest BCUT2D eigenvalue weighted by atomic mass is 16.5. The van der Waals surface area contributed by atoms with Crippen molar-refractivity contribution >= 4 is 5.69 Å². The van der Waals surface area contributed by atoms with Gasteiger partial charge in [0.05, 0.1) is 12.8 Å². The predicted molar refractivity (Wildman–Crippen MR) is 76.5 cm³/mol. The molecule has 0 amide bonds. The summed E-state index contributed by atoms with van der Waals surface area (Å²) in [6.45, 7) is 2.11. The smallest absolute Gasteiger partial charge is 0.141 e. The van der Waals surface area contributed by atoms with E-state index in [1.807, 2.05) is 6.07 Å². The standard InChI is InChI=1S/C15H24N2O/c1-11-4-9-15(18-3)14(10-11)17-13-7-5-12(16-2)6-8-13/h4,9-10,12-13,16-17H,5-8H2,1-3H3. The van der Waals surface area contributed by atoms with E-state index < -0.39 is 0 Å².